The Balaban J connectivity index is 2.33. The van der Waals surface area contributed by atoms with Crippen LogP contribution in [0.25, 0.3) is 0 Å². The van der Waals surface area contributed by atoms with E-state index in [2.05, 4.69) is 12.0 Å². The zero-order chi connectivity index (χ0) is 9.42. The van der Waals surface area contributed by atoms with E-state index >= 15 is 0 Å². The van der Waals surface area contributed by atoms with Gasteiger partial charge in [-0.2, -0.15) is 5.10 Å². The van der Waals surface area contributed by atoms with Crippen molar-refractivity contribution in [1.82, 2.24) is 9.78 Å². The number of nitrogens with two attached hydrogens (primary N) is 1. The highest BCUT2D eigenvalue weighted by molar-refractivity contribution is 5.28. The van der Waals surface area contributed by atoms with Crippen molar-refractivity contribution in [2.75, 3.05) is 6.54 Å². The fraction of sp³-hybridized carbons (Fsp3) is 0.700. The van der Waals surface area contributed by atoms with Crippen molar-refractivity contribution < 1.29 is 0 Å². The van der Waals surface area contributed by atoms with E-state index in [1.165, 1.54) is 23.4 Å². The molecule has 1 heterocycles. The molecule has 2 N–H and O–H groups in total. The standard InChI is InChI=1S/C10H17N3/c1-7-9-4-3-8(6-11)5-10(9)13(2)12-7/h8H,3-6,11H2,1-2H3. The number of hydrogen-bond acceptors (Lipinski definition) is 2. The quantitative estimate of drug-likeness (QED) is 0.692. The molecule has 0 amide bonds. The normalized spacial score (nSPS) is 21.6. The van der Waals surface area contributed by atoms with Crippen molar-refractivity contribution in [2.24, 2.45) is 18.7 Å². The van der Waals surface area contributed by atoms with Crippen LogP contribution < -0.4 is 5.73 Å². The Kier molecular flexibility index (Phi) is 2.12. The molecule has 1 aromatic rings. The minimum absolute atomic E-state index is 0.669. The second kappa shape index (κ2) is 3.14. The maximum atomic E-state index is 5.69. The lowest BCUT2D eigenvalue weighted by Gasteiger charge is -2.21. The lowest BCUT2D eigenvalue weighted by Crippen LogP contribution is -2.23. The monoisotopic (exact) mass is 179 g/mol. The number of hydrogen-bond donors (Lipinski definition) is 1. The van der Waals surface area contributed by atoms with Gasteiger partial charge in [0.15, 0.2) is 0 Å². The van der Waals surface area contributed by atoms with Crippen LogP contribution in [-0.2, 0) is 19.9 Å². The van der Waals surface area contributed by atoms with Gasteiger partial charge in [-0.3, -0.25) is 4.68 Å². The third-order valence-electron chi connectivity index (χ3n) is 3.09. The zero-order valence-electron chi connectivity index (χ0n) is 8.38. The number of fused-ring (bicyclic) bond motifs is 1. The summed E-state index contributed by atoms with van der Waals surface area (Å²) in [6, 6.07) is 0. The molecule has 0 spiro atoms. The largest absolute Gasteiger partial charge is 0.330 e. The fourth-order valence-electron chi connectivity index (χ4n) is 2.26. The Hall–Kier alpha value is -0.830. The number of aryl methyl sites for hydroxylation is 2. The van der Waals surface area contributed by atoms with E-state index in [1.54, 1.807) is 0 Å². The summed E-state index contributed by atoms with van der Waals surface area (Å²) >= 11 is 0. The molecule has 0 saturated heterocycles. The van der Waals surface area contributed by atoms with E-state index < -0.39 is 0 Å². The summed E-state index contributed by atoms with van der Waals surface area (Å²) in [6.07, 6.45) is 3.51. The van der Waals surface area contributed by atoms with E-state index in [0.29, 0.717) is 5.92 Å². The molecule has 1 atom stereocenters. The van der Waals surface area contributed by atoms with Gasteiger partial charge in [-0.05, 0) is 44.2 Å². The second-order valence-electron chi connectivity index (χ2n) is 3.98. The molecule has 0 bridgehead atoms. The van der Waals surface area contributed by atoms with Crippen LogP contribution >= 0.6 is 0 Å². The molecule has 0 fully saturated rings. The third kappa shape index (κ3) is 1.37. The Morgan fingerprint density at radius 1 is 1.62 bits per heavy atom. The lowest BCUT2D eigenvalue weighted by atomic mass is 9.87. The van der Waals surface area contributed by atoms with Gasteiger partial charge in [-0.15, -0.1) is 0 Å². The van der Waals surface area contributed by atoms with Crippen LogP contribution in [-0.4, -0.2) is 16.3 Å². The molecule has 3 nitrogen and oxygen atoms in total. The average molecular weight is 179 g/mol. The van der Waals surface area contributed by atoms with E-state index in [9.17, 15) is 0 Å². The van der Waals surface area contributed by atoms with Crippen molar-refractivity contribution in [3.05, 3.63) is 17.0 Å². The molecule has 0 aromatic carbocycles. The van der Waals surface area contributed by atoms with Crippen LogP contribution in [0.2, 0.25) is 0 Å². The van der Waals surface area contributed by atoms with Crippen molar-refractivity contribution in [3.8, 4) is 0 Å². The van der Waals surface area contributed by atoms with Crippen LogP contribution in [0.3, 0.4) is 0 Å². The van der Waals surface area contributed by atoms with Gasteiger partial charge in [-0.1, -0.05) is 0 Å². The van der Waals surface area contributed by atoms with Crippen molar-refractivity contribution in [2.45, 2.75) is 26.2 Å². The molecule has 1 unspecified atom stereocenters. The molecular weight excluding hydrogens is 162 g/mol. The van der Waals surface area contributed by atoms with Gasteiger partial charge in [0.05, 0.1) is 5.69 Å². The smallest absolute Gasteiger partial charge is 0.0628 e. The molecule has 1 aromatic heterocycles. The first kappa shape index (κ1) is 8.75. The summed E-state index contributed by atoms with van der Waals surface area (Å²) in [5.74, 6) is 0.669. The Morgan fingerprint density at radius 3 is 3.08 bits per heavy atom. The van der Waals surface area contributed by atoms with Crippen LogP contribution in [0.4, 0.5) is 0 Å². The molecule has 0 saturated carbocycles. The summed E-state index contributed by atoms with van der Waals surface area (Å²) in [7, 11) is 2.03. The van der Waals surface area contributed by atoms with E-state index in [0.717, 1.165) is 19.4 Å². The maximum absolute atomic E-state index is 5.69. The highest BCUT2D eigenvalue weighted by atomic mass is 15.3. The van der Waals surface area contributed by atoms with Gasteiger partial charge in [-0.25, -0.2) is 0 Å². The zero-order valence-corrected chi connectivity index (χ0v) is 8.38. The van der Waals surface area contributed by atoms with Crippen LogP contribution in [0.1, 0.15) is 23.4 Å². The van der Waals surface area contributed by atoms with Crippen LogP contribution in [0.5, 0.6) is 0 Å². The lowest BCUT2D eigenvalue weighted by molar-refractivity contribution is 0.452. The van der Waals surface area contributed by atoms with Gasteiger partial charge in [0.25, 0.3) is 0 Å². The van der Waals surface area contributed by atoms with Crippen molar-refractivity contribution >= 4 is 0 Å². The van der Waals surface area contributed by atoms with Crippen molar-refractivity contribution in [1.29, 1.82) is 0 Å². The minimum atomic E-state index is 0.669. The van der Waals surface area contributed by atoms with Gasteiger partial charge >= 0.3 is 0 Å². The summed E-state index contributed by atoms with van der Waals surface area (Å²) in [5.41, 5.74) is 9.76. The van der Waals surface area contributed by atoms with E-state index in [4.69, 9.17) is 5.73 Å². The van der Waals surface area contributed by atoms with Crippen molar-refractivity contribution in [3.63, 3.8) is 0 Å². The van der Waals surface area contributed by atoms with Crippen LogP contribution in [0, 0.1) is 12.8 Å². The Bertz CT molecular complexity index is 314. The molecule has 2 rings (SSSR count). The van der Waals surface area contributed by atoms with Gasteiger partial charge in [0, 0.05) is 12.7 Å². The van der Waals surface area contributed by atoms with E-state index in [1.807, 2.05) is 11.7 Å². The molecular formula is C10H17N3. The molecule has 3 heteroatoms. The second-order valence-corrected chi connectivity index (χ2v) is 3.98. The first-order valence-corrected chi connectivity index (χ1v) is 4.93. The van der Waals surface area contributed by atoms with Gasteiger partial charge in [0.2, 0.25) is 0 Å². The Morgan fingerprint density at radius 2 is 2.38 bits per heavy atom. The topological polar surface area (TPSA) is 43.8 Å². The predicted octanol–water partition coefficient (Wildman–Crippen LogP) is 0.792. The molecule has 0 radical (unpaired) electrons. The molecule has 72 valence electrons. The molecule has 1 aliphatic carbocycles. The third-order valence-corrected chi connectivity index (χ3v) is 3.09. The average Bonchev–Trinajstić information content (AvgIpc) is 2.42. The number of rotatable bonds is 1. The molecule has 1 aliphatic rings. The number of nitrogens with zero attached hydrogens (tertiary/aromatic N) is 2. The minimum Gasteiger partial charge on any atom is -0.330 e. The van der Waals surface area contributed by atoms with Gasteiger partial charge < -0.3 is 5.73 Å². The summed E-state index contributed by atoms with van der Waals surface area (Å²) in [4.78, 5) is 0. The highest BCUT2D eigenvalue weighted by Gasteiger charge is 2.22. The molecule has 13 heavy (non-hydrogen) atoms. The van der Waals surface area contributed by atoms with Crippen LogP contribution in [0.15, 0.2) is 0 Å². The SMILES string of the molecule is Cc1nn(C)c2c1CCC(CN)C2. The summed E-state index contributed by atoms with van der Waals surface area (Å²) < 4.78 is 2.02. The highest BCUT2D eigenvalue weighted by Crippen LogP contribution is 2.26. The van der Waals surface area contributed by atoms with Gasteiger partial charge in [0.1, 0.15) is 0 Å². The first-order chi connectivity index (χ1) is 6.22. The fourth-order valence-corrected chi connectivity index (χ4v) is 2.26. The summed E-state index contributed by atoms with van der Waals surface area (Å²) in [6.45, 7) is 2.91. The van der Waals surface area contributed by atoms with E-state index in [-0.39, 0.29) is 0 Å². The maximum Gasteiger partial charge on any atom is 0.0628 e. The molecule has 0 aliphatic heterocycles. The number of aromatic nitrogens is 2. The Labute approximate surface area is 78.9 Å². The summed E-state index contributed by atoms with van der Waals surface area (Å²) in [5, 5.41) is 4.44. The predicted molar refractivity (Wildman–Crippen MR) is 52.5 cm³/mol. The first-order valence-electron chi connectivity index (χ1n) is 4.93.